The number of hydrogen-bond acceptors (Lipinski definition) is 6. The number of benzene rings is 1. The topological polar surface area (TPSA) is 83.4 Å². The third-order valence-corrected chi connectivity index (χ3v) is 3.45. The van der Waals surface area contributed by atoms with Crippen molar-refractivity contribution in [1.82, 2.24) is 10.3 Å². The summed E-state index contributed by atoms with van der Waals surface area (Å²) in [6, 6.07) is 6.80. The number of carbonyl (C=O) groups excluding carboxylic acids is 2. The highest BCUT2D eigenvalue weighted by Gasteiger charge is 2.36. The zero-order valence-electron chi connectivity index (χ0n) is 12.2. The van der Waals surface area contributed by atoms with Gasteiger partial charge in [-0.05, 0) is 18.6 Å². The second-order valence-corrected chi connectivity index (χ2v) is 5.02. The van der Waals surface area contributed by atoms with E-state index in [4.69, 9.17) is 4.74 Å². The zero-order chi connectivity index (χ0) is 15.5. The van der Waals surface area contributed by atoms with E-state index < -0.39 is 12.0 Å². The lowest BCUT2D eigenvalue weighted by molar-refractivity contribution is -0.146. The molecule has 2 heterocycles. The van der Waals surface area contributed by atoms with E-state index in [1.54, 1.807) is 4.90 Å². The quantitative estimate of drug-likeness (QED) is 0.846. The van der Waals surface area contributed by atoms with Gasteiger partial charge >= 0.3 is 5.97 Å². The van der Waals surface area contributed by atoms with Crippen molar-refractivity contribution in [2.75, 3.05) is 6.61 Å². The third-order valence-electron chi connectivity index (χ3n) is 3.45. The van der Waals surface area contributed by atoms with Crippen molar-refractivity contribution in [3.63, 3.8) is 0 Å². The standard InChI is InChI=1S/C15H16N4O3/c1-2-7-22-13(20)8-12-15(21)18-17-14-10-5-3-4-6-11(10)16-9-19(12)14/h3-6,9,12H,2,7-8H2,1H3,(H,18,21)/t12-/m1/s1. The maximum Gasteiger partial charge on any atom is 0.308 e. The molecule has 0 saturated carbocycles. The number of fused-ring (bicyclic) bond motifs is 3. The molecule has 22 heavy (non-hydrogen) atoms. The summed E-state index contributed by atoms with van der Waals surface area (Å²) in [5.41, 5.74) is 4.07. The lowest BCUT2D eigenvalue weighted by atomic mass is 10.1. The van der Waals surface area contributed by atoms with E-state index in [9.17, 15) is 9.59 Å². The normalized spacial score (nSPS) is 19.0. The molecule has 2 aliphatic rings. The Hall–Kier alpha value is -2.70. The molecule has 0 aliphatic carbocycles. The number of aliphatic imine (C=N–C) groups is 1. The fraction of sp³-hybridized carbons (Fsp3) is 0.333. The second kappa shape index (κ2) is 5.97. The van der Waals surface area contributed by atoms with Crippen LogP contribution in [-0.2, 0) is 14.3 Å². The van der Waals surface area contributed by atoms with E-state index >= 15 is 0 Å². The molecule has 0 spiro atoms. The van der Waals surface area contributed by atoms with Crippen molar-refractivity contribution in [3.05, 3.63) is 29.8 Å². The molecule has 0 aromatic heterocycles. The van der Waals surface area contributed by atoms with Crippen LogP contribution in [0.4, 0.5) is 5.69 Å². The maximum atomic E-state index is 12.0. The molecule has 114 valence electrons. The van der Waals surface area contributed by atoms with Crippen molar-refractivity contribution < 1.29 is 14.3 Å². The number of hydrazone groups is 1. The van der Waals surface area contributed by atoms with Crippen molar-refractivity contribution in [2.24, 2.45) is 10.1 Å². The highest BCUT2D eigenvalue weighted by Crippen LogP contribution is 2.27. The number of ether oxygens (including phenoxy) is 1. The number of rotatable bonds is 4. The first-order valence-corrected chi connectivity index (χ1v) is 7.16. The third kappa shape index (κ3) is 2.57. The first-order valence-electron chi connectivity index (χ1n) is 7.16. The van der Waals surface area contributed by atoms with Gasteiger partial charge in [0.15, 0.2) is 5.84 Å². The van der Waals surface area contributed by atoms with Crippen molar-refractivity contribution in [3.8, 4) is 0 Å². The first-order chi connectivity index (χ1) is 10.7. The molecule has 0 bridgehead atoms. The van der Waals surface area contributed by atoms with Crippen LogP contribution in [-0.4, -0.2) is 41.6 Å². The minimum Gasteiger partial charge on any atom is -0.466 e. The van der Waals surface area contributed by atoms with E-state index in [0.29, 0.717) is 12.4 Å². The summed E-state index contributed by atoms with van der Waals surface area (Å²) in [7, 11) is 0. The molecular weight excluding hydrogens is 284 g/mol. The molecule has 0 saturated heterocycles. The molecule has 1 aromatic carbocycles. The van der Waals surface area contributed by atoms with Gasteiger partial charge in [-0.2, -0.15) is 5.10 Å². The Bertz CT molecular complexity index is 669. The van der Waals surface area contributed by atoms with Gasteiger partial charge in [0.25, 0.3) is 5.91 Å². The van der Waals surface area contributed by atoms with Gasteiger partial charge in [-0.3, -0.25) is 9.59 Å². The van der Waals surface area contributed by atoms with Crippen LogP contribution in [0, 0.1) is 0 Å². The lowest BCUT2D eigenvalue weighted by Gasteiger charge is -2.34. The van der Waals surface area contributed by atoms with Gasteiger partial charge in [0.2, 0.25) is 0 Å². The van der Waals surface area contributed by atoms with Crippen molar-refractivity contribution in [1.29, 1.82) is 0 Å². The van der Waals surface area contributed by atoms with Gasteiger partial charge in [-0.1, -0.05) is 19.1 Å². The smallest absolute Gasteiger partial charge is 0.308 e. The summed E-state index contributed by atoms with van der Waals surface area (Å²) < 4.78 is 5.06. The Morgan fingerprint density at radius 2 is 2.23 bits per heavy atom. The van der Waals surface area contributed by atoms with Gasteiger partial charge < -0.3 is 9.64 Å². The lowest BCUT2D eigenvalue weighted by Crippen LogP contribution is -2.54. The SMILES string of the molecule is CCCOC(=O)C[C@@H]1C(=O)NN=C2c3ccccc3N=CN21. The summed E-state index contributed by atoms with van der Waals surface area (Å²) in [5, 5.41) is 4.09. The molecule has 2 aliphatic heterocycles. The van der Waals surface area contributed by atoms with E-state index in [0.717, 1.165) is 17.7 Å². The fourth-order valence-corrected chi connectivity index (χ4v) is 2.37. The molecule has 1 atom stereocenters. The fourth-order valence-electron chi connectivity index (χ4n) is 2.37. The van der Waals surface area contributed by atoms with E-state index in [1.165, 1.54) is 6.34 Å². The monoisotopic (exact) mass is 300 g/mol. The average Bonchev–Trinajstić information content (AvgIpc) is 2.55. The molecule has 0 unspecified atom stereocenters. The Morgan fingerprint density at radius 1 is 1.41 bits per heavy atom. The van der Waals surface area contributed by atoms with Crippen LogP contribution >= 0.6 is 0 Å². The Morgan fingerprint density at radius 3 is 3.05 bits per heavy atom. The van der Waals surface area contributed by atoms with E-state index in [2.05, 4.69) is 15.5 Å². The number of para-hydroxylation sites is 1. The van der Waals surface area contributed by atoms with Gasteiger partial charge in [0, 0.05) is 5.56 Å². The van der Waals surface area contributed by atoms with Crippen LogP contribution < -0.4 is 5.43 Å². The summed E-state index contributed by atoms with van der Waals surface area (Å²) in [6.45, 7) is 2.27. The molecule has 1 N–H and O–H groups in total. The van der Waals surface area contributed by atoms with E-state index in [1.807, 2.05) is 31.2 Å². The number of amidine groups is 1. The average molecular weight is 300 g/mol. The zero-order valence-corrected chi connectivity index (χ0v) is 12.2. The number of amides is 1. The van der Waals surface area contributed by atoms with E-state index in [-0.39, 0.29) is 12.3 Å². The highest BCUT2D eigenvalue weighted by atomic mass is 16.5. The molecule has 3 rings (SSSR count). The predicted octanol–water partition coefficient (Wildman–Crippen LogP) is 1.17. The van der Waals surface area contributed by atoms with Gasteiger partial charge in [0.05, 0.1) is 25.1 Å². The molecule has 1 amide bonds. The molecule has 7 nitrogen and oxygen atoms in total. The van der Waals surface area contributed by atoms with Crippen molar-refractivity contribution >= 4 is 29.7 Å². The number of nitrogens with one attached hydrogen (secondary N) is 1. The minimum absolute atomic E-state index is 0.0426. The van der Waals surface area contributed by atoms with Crippen LogP contribution in [0.2, 0.25) is 0 Å². The maximum absolute atomic E-state index is 12.0. The second-order valence-electron chi connectivity index (χ2n) is 5.02. The van der Waals surface area contributed by atoms with Gasteiger partial charge in [-0.15, -0.1) is 0 Å². The summed E-state index contributed by atoms with van der Waals surface area (Å²) in [6.07, 6.45) is 2.24. The van der Waals surface area contributed by atoms with Crippen LogP contribution in [0.25, 0.3) is 0 Å². The van der Waals surface area contributed by atoms with Crippen LogP contribution in [0.3, 0.4) is 0 Å². The predicted molar refractivity (Wildman–Crippen MR) is 80.8 cm³/mol. The van der Waals surface area contributed by atoms with Gasteiger partial charge in [-0.25, -0.2) is 10.4 Å². The first kappa shape index (κ1) is 14.2. The summed E-state index contributed by atoms with van der Waals surface area (Å²) >= 11 is 0. The number of esters is 1. The van der Waals surface area contributed by atoms with Crippen LogP contribution in [0.15, 0.2) is 34.4 Å². The number of nitrogens with zero attached hydrogens (tertiary/aromatic N) is 3. The van der Waals surface area contributed by atoms with Gasteiger partial charge in [0.1, 0.15) is 6.04 Å². The summed E-state index contributed by atoms with van der Waals surface area (Å²) in [4.78, 5) is 29.8. The van der Waals surface area contributed by atoms with Crippen LogP contribution in [0.1, 0.15) is 25.3 Å². The Balaban J connectivity index is 1.84. The van der Waals surface area contributed by atoms with Crippen molar-refractivity contribution in [2.45, 2.75) is 25.8 Å². The number of carbonyl (C=O) groups is 2. The van der Waals surface area contributed by atoms with Crippen LogP contribution in [0.5, 0.6) is 0 Å². The largest absolute Gasteiger partial charge is 0.466 e. The minimum atomic E-state index is -0.700. The number of hydrogen-bond donors (Lipinski definition) is 1. The summed E-state index contributed by atoms with van der Waals surface area (Å²) in [5.74, 6) is -0.169. The molecule has 0 fully saturated rings. The Kier molecular flexibility index (Phi) is 3.86. The molecule has 7 heteroatoms. The molecule has 0 radical (unpaired) electrons. The Labute approximate surface area is 127 Å². The molecule has 1 aromatic rings. The highest BCUT2D eigenvalue weighted by molar-refractivity contribution is 6.14. The molecular formula is C15H16N4O3.